The number of fused-ring (bicyclic) bond motifs is 2. The molecule has 3 nitrogen and oxygen atoms in total. The molecular weight excluding hydrogens is 310 g/mol. The molecule has 0 radical (unpaired) electrons. The minimum Gasteiger partial charge on any atom is -0.469 e. The lowest BCUT2D eigenvalue weighted by Crippen LogP contribution is -2.51. The number of carbonyl (C=O) groups excluding carboxylic acids is 1. The third-order valence-corrected chi connectivity index (χ3v) is 6.52. The second kappa shape index (κ2) is 7.90. The zero-order valence-corrected chi connectivity index (χ0v) is 16.3. The summed E-state index contributed by atoms with van der Waals surface area (Å²) in [5.41, 5.74) is 3.96. The maximum absolute atomic E-state index is 12.7. The standard InChI is InChI=1S/C22H33NO2/c1-5-6-7-12-23-18-10-11-20(23)21(22(24)25-4)19(14-18)17-9-8-15(2)16(3)13-17/h8-9,13,18-21H,5-7,10-12,14H2,1-4H3/t18-,19+,20+,21-/m0/s1. The quantitative estimate of drug-likeness (QED) is 0.558. The second-order valence-corrected chi connectivity index (χ2v) is 7.98. The molecule has 2 aliphatic rings. The van der Waals surface area contributed by atoms with E-state index in [-0.39, 0.29) is 11.9 Å². The maximum Gasteiger partial charge on any atom is 0.310 e. The average Bonchev–Trinajstić information content (AvgIpc) is 2.88. The fourth-order valence-corrected chi connectivity index (χ4v) is 5.00. The van der Waals surface area contributed by atoms with Crippen molar-refractivity contribution < 1.29 is 9.53 Å². The van der Waals surface area contributed by atoms with Crippen molar-refractivity contribution in [2.45, 2.75) is 77.3 Å². The first-order valence-corrected chi connectivity index (χ1v) is 9.97. The van der Waals surface area contributed by atoms with E-state index in [9.17, 15) is 4.79 Å². The zero-order valence-electron chi connectivity index (χ0n) is 16.3. The molecule has 138 valence electrons. The van der Waals surface area contributed by atoms with Gasteiger partial charge in [0.05, 0.1) is 13.0 Å². The van der Waals surface area contributed by atoms with E-state index in [2.05, 4.69) is 43.9 Å². The van der Waals surface area contributed by atoms with Crippen LogP contribution in [0, 0.1) is 19.8 Å². The lowest BCUT2D eigenvalue weighted by atomic mass is 9.75. The van der Waals surface area contributed by atoms with E-state index in [0.29, 0.717) is 18.0 Å². The predicted molar refractivity (Wildman–Crippen MR) is 102 cm³/mol. The topological polar surface area (TPSA) is 29.5 Å². The van der Waals surface area contributed by atoms with Crippen molar-refractivity contribution in [3.05, 3.63) is 34.9 Å². The van der Waals surface area contributed by atoms with Gasteiger partial charge in [-0.25, -0.2) is 0 Å². The normalized spacial score (nSPS) is 29.0. The Hall–Kier alpha value is -1.35. The largest absolute Gasteiger partial charge is 0.469 e. The van der Waals surface area contributed by atoms with Gasteiger partial charge in [0.25, 0.3) is 0 Å². The van der Waals surface area contributed by atoms with Crippen molar-refractivity contribution in [3.8, 4) is 0 Å². The molecule has 2 fully saturated rings. The summed E-state index contributed by atoms with van der Waals surface area (Å²) in [6.45, 7) is 7.70. The molecule has 1 aromatic carbocycles. The second-order valence-electron chi connectivity index (χ2n) is 7.98. The molecule has 2 aliphatic heterocycles. The van der Waals surface area contributed by atoms with Gasteiger partial charge in [0, 0.05) is 18.0 Å². The van der Waals surface area contributed by atoms with Crippen molar-refractivity contribution in [1.82, 2.24) is 4.90 Å². The Labute approximate surface area is 152 Å². The van der Waals surface area contributed by atoms with E-state index in [1.807, 2.05) is 0 Å². The molecule has 2 saturated heterocycles. The van der Waals surface area contributed by atoms with E-state index in [1.54, 1.807) is 7.11 Å². The minimum absolute atomic E-state index is 0.0194. The molecule has 1 aromatic rings. The number of nitrogens with zero attached hydrogens (tertiary/aromatic N) is 1. The highest BCUT2D eigenvalue weighted by molar-refractivity contribution is 5.75. The van der Waals surface area contributed by atoms with E-state index in [0.717, 1.165) is 19.4 Å². The summed E-state index contributed by atoms with van der Waals surface area (Å²) in [5.74, 6) is 0.258. The summed E-state index contributed by atoms with van der Waals surface area (Å²) in [6.07, 6.45) is 7.22. The number of ether oxygens (including phenoxy) is 1. The number of aryl methyl sites for hydroxylation is 2. The summed E-state index contributed by atoms with van der Waals surface area (Å²) in [4.78, 5) is 15.4. The van der Waals surface area contributed by atoms with Gasteiger partial charge in [-0.15, -0.1) is 0 Å². The van der Waals surface area contributed by atoms with E-state index < -0.39 is 0 Å². The molecule has 2 bridgehead atoms. The van der Waals surface area contributed by atoms with Gasteiger partial charge in [-0.05, 0) is 62.8 Å². The van der Waals surface area contributed by atoms with Gasteiger partial charge in [-0.1, -0.05) is 38.0 Å². The van der Waals surface area contributed by atoms with Gasteiger partial charge in [0.2, 0.25) is 0 Å². The summed E-state index contributed by atoms with van der Waals surface area (Å²) in [6, 6.07) is 7.72. The Kier molecular flexibility index (Phi) is 5.83. The number of unbranched alkanes of at least 4 members (excludes halogenated alkanes) is 2. The highest BCUT2D eigenvalue weighted by Gasteiger charge is 2.50. The molecule has 4 atom stereocenters. The SMILES string of the molecule is CCCCCN1[C@H]2CC[C@@H]1[C@@H](C(=O)OC)[C@@H](c1ccc(C)c(C)c1)C2. The molecule has 0 aromatic heterocycles. The van der Waals surface area contributed by atoms with Gasteiger partial charge in [0.15, 0.2) is 0 Å². The Morgan fingerprint density at radius 3 is 2.68 bits per heavy atom. The molecule has 3 rings (SSSR count). The summed E-state index contributed by atoms with van der Waals surface area (Å²) in [5, 5.41) is 0. The third-order valence-electron chi connectivity index (χ3n) is 6.52. The van der Waals surface area contributed by atoms with Crippen molar-refractivity contribution in [2.24, 2.45) is 5.92 Å². The molecular formula is C22H33NO2. The molecule has 0 N–H and O–H groups in total. The Bertz CT molecular complexity index is 612. The number of hydrogen-bond acceptors (Lipinski definition) is 3. The van der Waals surface area contributed by atoms with Crippen molar-refractivity contribution in [2.75, 3.05) is 13.7 Å². The molecule has 0 spiro atoms. The van der Waals surface area contributed by atoms with Crippen LogP contribution < -0.4 is 0 Å². The molecule has 0 unspecified atom stereocenters. The lowest BCUT2D eigenvalue weighted by molar-refractivity contribution is -0.150. The average molecular weight is 344 g/mol. The first kappa shape index (κ1) is 18.4. The van der Waals surface area contributed by atoms with Crippen LogP contribution >= 0.6 is 0 Å². The van der Waals surface area contributed by atoms with Crippen LogP contribution in [-0.2, 0) is 9.53 Å². The van der Waals surface area contributed by atoms with Crippen molar-refractivity contribution in [1.29, 1.82) is 0 Å². The highest BCUT2D eigenvalue weighted by atomic mass is 16.5. The molecule has 0 saturated carbocycles. The molecule has 3 heteroatoms. The van der Waals surface area contributed by atoms with Crippen LogP contribution in [0.1, 0.15) is 68.1 Å². The summed E-state index contributed by atoms with van der Waals surface area (Å²) in [7, 11) is 1.54. The minimum atomic E-state index is -0.0208. The zero-order chi connectivity index (χ0) is 18.0. The van der Waals surface area contributed by atoms with Crippen molar-refractivity contribution >= 4 is 5.97 Å². The van der Waals surface area contributed by atoms with E-state index >= 15 is 0 Å². The fraction of sp³-hybridized carbons (Fsp3) is 0.682. The monoisotopic (exact) mass is 343 g/mol. The van der Waals surface area contributed by atoms with Crippen LogP contribution in [0.2, 0.25) is 0 Å². The number of piperidine rings is 1. The van der Waals surface area contributed by atoms with Gasteiger partial charge in [0.1, 0.15) is 0 Å². The molecule has 0 amide bonds. The van der Waals surface area contributed by atoms with Gasteiger partial charge in [-0.3, -0.25) is 9.69 Å². The van der Waals surface area contributed by atoms with Crippen LogP contribution in [0.15, 0.2) is 18.2 Å². The Morgan fingerprint density at radius 2 is 2.00 bits per heavy atom. The summed E-state index contributed by atoms with van der Waals surface area (Å²) < 4.78 is 5.25. The lowest BCUT2D eigenvalue weighted by Gasteiger charge is -2.44. The number of methoxy groups -OCH3 is 1. The van der Waals surface area contributed by atoms with E-state index in [1.165, 1.54) is 42.4 Å². The number of rotatable bonds is 6. The Balaban J connectivity index is 1.87. The van der Waals surface area contributed by atoms with Crippen LogP contribution in [0.3, 0.4) is 0 Å². The predicted octanol–water partition coefficient (Wildman–Crippen LogP) is 4.60. The van der Waals surface area contributed by atoms with Crippen molar-refractivity contribution in [3.63, 3.8) is 0 Å². The number of hydrogen-bond donors (Lipinski definition) is 0. The maximum atomic E-state index is 12.7. The molecule has 2 heterocycles. The highest BCUT2D eigenvalue weighted by Crippen LogP contribution is 2.47. The number of benzene rings is 1. The Morgan fingerprint density at radius 1 is 1.20 bits per heavy atom. The molecule has 25 heavy (non-hydrogen) atoms. The smallest absolute Gasteiger partial charge is 0.310 e. The third kappa shape index (κ3) is 3.62. The first-order valence-electron chi connectivity index (χ1n) is 9.97. The van der Waals surface area contributed by atoms with E-state index in [4.69, 9.17) is 4.74 Å². The van der Waals surface area contributed by atoms with Crippen LogP contribution in [-0.4, -0.2) is 36.6 Å². The van der Waals surface area contributed by atoms with Crippen LogP contribution in [0.25, 0.3) is 0 Å². The fourth-order valence-electron chi connectivity index (χ4n) is 5.00. The number of esters is 1. The van der Waals surface area contributed by atoms with Gasteiger partial charge >= 0.3 is 5.97 Å². The molecule has 0 aliphatic carbocycles. The van der Waals surface area contributed by atoms with Gasteiger partial charge < -0.3 is 4.74 Å². The van der Waals surface area contributed by atoms with Gasteiger partial charge in [-0.2, -0.15) is 0 Å². The summed E-state index contributed by atoms with van der Waals surface area (Å²) >= 11 is 0. The van der Waals surface area contributed by atoms with Crippen LogP contribution in [0.5, 0.6) is 0 Å². The van der Waals surface area contributed by atoms with Crippen LogP contribution in [0.4, 0.5) is 0 Å². The number of carbonyl (C=O) groups is 1. The first-order chi connectivity index (χ1) is 12.1.